The monoisotopic (exact) mass is 168 g/mol. The second-order valence-corrected chi connectivity index (χ2v) is 4.04. The molecule has 68 valence electrons. The molecule has 0 heterocycles. The Morgan fingerprint density at radius 3 is 2.25 bits per heavy atom. The fourth-order valence-corrected chi connectivity index (χ4v) is 2.23. The van der Waals surface area contributed by atoms with Gasteiger partial charge in [-0.1, -0.05) is 11.1 Å². The highest BCUT2D eigenvalue weighted by Crippen LogP contribution is 2.39. The van der Waals surface area contributed by atoms with Gasteiger partial charge in [-0.3, -0.25) is 4.79 Å². The Bertz CT molecular complexity index is 249. The summed E-state index contributed by atoms with van der Waals surface area (Å²) in [6.07, 6.45) is 0.628. The molecule has 0 unspecified atom stereocenters. The summed E-state index contributed by atoms with van der Waals surface area (Å²) in [5.74, 6) is -0.216. The molecule has 0 amide bonds. The minimum absolute atomic E-state index is 0.0642. The number of hydrogen-bond donors (Lipinski definition) is 1. The average Bonchev–Trinajstić information content (AvgIpc) is 2.01. The predicted molar refractivity (Wildman–Crippen MR) is 47.8 cm³/mol. The highest BCUT2D eigenvalue weighted by molar-refractivity contribution is 5.83. The number of carbonyl (C=O) groups is 1. The van der Waals surface area contributed by atoms with Crippen LogP contribution in [-0.4, -0.2) is 16.5 Å². The summed E-state index contributed by atoms with van der Waals surface area (Å²) >= 11 is 0. The molecule has 2 heteroatoms. The van der Waals surface area contributed by atoms with Gasteiger partial charge in [-0.05, 0) is 34.1 Å². The van der Waals surface area contributed by atoms with Gasteiger partial charge in [-0.25, -0.2) is 0 Å². The van der Waals surface area contributed by atoms with Gasteiger partial charge in [0.25, 0.3) is 0 Å². The van der Waals surface area contributed by atoms with Crippen molar-refractivity contribution >= 4 is 5.78 Å². The van der Waals surface area contributed by atoms with E-state index in [1.807, 2.05) is 13.8 Å². The molecule has 0 aromatic rings. The molecular formula is C10H16O2. The lowest BCUT2D eigenvalue weighted by Crippen LogP contribution is -2.35. The van der Waals surface area contributed by atoms with Gasteiger partial charge in [-0.15, -0.1) is 0 Å². The molecule has 12 heavy (non-hydrogen) atoms. The van der Waals surface area contributed by atoms with Crippen molar-refractivity contribution < 1.29 is 9.90 Å². The van der Waals surface area contributed by atoms with E-state index in [0.29, 0.717) is 6.42 Å². The predicted octanol–water partition coefficient (Wildman–Crippen LogP) is 1.68. The van der Waals surface area contributed by atoms with Crippen LogP contribution in [0.4, 0.5) is 0 Å². The lowest BCUT2D eigenvalue weighted by atomic mass is 9.86. The highest BCUT2D eigenvalue weighted by atomic mass is 16.3. The molecule has 0 aromatic carbocycles. The minimum Gasteiger partial charge on any atom is -0.389 e. The number of ketones is 1. The van der Waals surface area contributed by atoms with Gasteiger partial charge in [0.2, 0.25) is 0 Å². The molecule has 0 bridgehead atoms. The molecular weight excluding hydrogens is 152 g/mol. The third kappa shape index (κ3) is 1.31. The topological polar surface area (TPSA) is 37.3 Å². The van der Waals surface area contributed by atoms with Crippen LogP contribution in [0.5, 0.6) is 0 Å². The summed E-state index contributed by atoms with van der Waals surface area (Å²) in [6, 6.07) is 0. The Labute approximate surface area is 73.3 Å². The van der Waals surface area contributed by atoms with E-state index in [4.69, 9.17) is 0 Å². The number of aliphatic hydroxyl groups is 1. The fourth-order valence-electron chi connectivity index (χ4n) is 2.23. The first-order valence-corrected chi connectivity index (χ1v) is 4.25. The second kappa shape index (κ2) is 2.70. The lowest BCUT2D eigenvalue weighted by Gasteiger charge is -2.24. The summed E-state index contributed by atoms with van der Waals surface area (Å²) in [5, 5.41) is 9.90. The first-order chi connectivity index (χ1) is 5.36. The molecule has 0 fully saturated rings. The van der Waals surface area contributed by atoms with Crippen molar-refractivity contribution in [2.75, 3.05) is 0 Å². The SMILES string of the molecule is CC(=O)[C@@H]1C(C)=C(C)C[C@]1(C)O. The lowest BCUT2D eigenvalue weighted by molar-refractivity contribution is -0.125. The van der Waals surface area contributed by atoms with Crippen LogP contribution >= 0.6 is 0 Å². The first kappa shape index (κ1) is 9.46. The smallest absolute Gasteiger partial charge is 0.139 e. The molecule has 2 nitrogen and oxygen atoms in total. The van der Waals surface area contributed by atoms with Gasteiger partial charge >= 0.3 is 0 Å². The van der Waals surface area contributed by atoms with E-state index in [2.05, 4.69) is 0 Å². The van der Waals surface area contributed by atoms with Crippen LogP contribution in [0, 0.1) is 5.92 Å². The van der Waals surface area contributed by atoms with Crippen molar-refractivity contribution in [1.29, 1.82) is 0 Å². The van der Waals surface area contributed by atoms with Gasteiger partial charge in [0, 0.05) is 0 Å². The van der Waals surface area contributed by atoms with Gasteiger partial charge in [0.05, 0.1) is 11.5 Å². The molecule has 0 aromatic heterocycles. The van der Waals surface area contributed by atoms with Gasteiger partial charge in [0.15, 0.2) is 0 Å². The van der Waals surface area contributed by atoms with Crippen molar-refractivity contribution in [1.82, 2.24) is 0 Å². The van der Waals surface area contributed by atoms with Crippen LogP contribution in [0.3, 0.4) is 0 Å². The molecule has 1 aliphatic carbocycles. The molecule has 2 atom stereocenters. The van der Waals surface area contributed by atoms with Crippen molar-refractivity contribution in [3.63, 3.8) is 0 Å². The maximum absolute atomic E-state index is 11.2. The number of carbonyl (C=O) groups excluding carboxylic acids is 1. The molecule has 1 aliphatic rings. The standard InChI is InChI=1S/C10H16O2/c1-6-5-10(4,12)9(7(6)2)8(3)11/h9,12H,5H2,1-4H3/t9-,10-/m0/s1. The van der Waals surface area contributed by atoms with Crippen LogP contribution in [0.15, 0.2) is 11.1 Å². The first-order valence-electron chi connectivity index (χ1n) is 4.25. The third-order valence-electron chi connectivity index (χ3n) is 2.76. The van der Waals surface area contributed by atoms with Gasteiger partial charge < -0.3 is 5.11 Å². The van der Waals surface area contributed by atoms with E-state index in [1.165, 1.54) is 0 Å². The van der Waals surface area contributed by atoms with Crippen LogP contribution in [-0.2, 0) is 4.79 Å². The Kier molecular flexibility index (Phi) is 2.13. The zero-order valence-electron chi connectivity index (χ0n) is 8.14. The molecule has 1 rings (SSSR count). The molecule has 0 radical (unpaired) electrons. The fraction of sp³-hybridized carbons (Fsp3) is 0.700. The largest absolute Gasteiger partial charge is 0.389 e. The van der Waals surface area contributed by atoms with Crippen LogP contribution < -0.4 is 0 Å². The Morgan fingerprint density at radius 1 is 1.58 bits per heavy atom. The normalized spacial score (nSPS) is 35.9. The van der Waals surface area contributed by atoms with E-state index in [0.717, 1.165) is 11.1 Å². The van der Waals surface area contributed by atoms with Crippen molar-refractivity contribution in [3.05, 3.63) is 11.1 Å². The van der Waals surface area contributed by atoms with Gasteiger partial charge in [0.1, 0.15) is 5.78 Å². The number of rotatable bonds is 1. The van der Waals surface area contributed by atoms with Crippen LogP contribution in [0.25, 0.3) is 0 Å². The Balaban J connectivity index is 3.03. The van der Waals surface area contributed by atoms with E-state index >= 15 is 0 Å². The zero-order valence-corrected chi connectivity index (χ0v) is 8.14. The maximum atomic E-state index is 11.2. The van der Waals surface area contributed by atoms with E-state index < -0.39 is 5.60 Å². The summed E-state index contributed by atoms with van der Waals surface area (Å²) in [6.45, 7) is 7.19. The zero-order chi connectivity index (χ0) is 9.52. The molecule has 0 saturated carbocycles. The Morgan fingerprint density at radius 2 is 2.08 bits per heavy atom. The molecule has 1 N–H and O–H groups in total. The van der Waals surface area contributed by atoms with E-state index in [1.54, 1.807) is 13.8 Å². The summed E-state index contributed by atoms with van der Waals surface area (Å²) in [7, 11) is 0. The van der Waals surface area contributed by atoms with E-state index in [-0.39, 0.29) is 11.7 Å². The van der Waals surface area contributed by atoms with Crippen LogP contribution in [0.1, 0.15) is 34.1 Å². The maximum Gasteiger partial charge on any atom is 0.139 e. The van der Waals surface area contributed by atoms with Crippen molar-refractivity contribution in [3.8, 4) is 0 Å². The Hall–Kier alpha value is -0.630. The highest BCUT2D eigenvalue weighted by Gasteiger charge is 2.42. The quantitative estimate of drug-likeness (QED) is 0.605. The molecule has 0 spiro atoms. The average molecular weight is 168 g/mol. The molecule has 0 aliphatic heterocycles. The van der Waals surface area contributed by atoms with E-state index in [9.17, 15) is 9.90 Å². The summed E-state index contributed by atoms with van der Waals surface area (Å²) < 4.78 is 0. The van der Waals surface area contributed by atoms with Crippen molar-refractivity contribution in [2.45, 2.75) is 39.7 Å². The summed E-state index contributed by atoms with van der Waals surface area (Å²) in [4.78, 5) is 11.2. The third-order valence-corrected chi connectivity index (χ3v) is 2.76. The van der Waals surface area contributed by atoms with Gasteiger partial charge in [-0.2, -0.15) is 0 Å². The summed E-state index contributed by atoms with van der Waals surface area (Å²) in [5.41, 5.74) is 1.35. The minimum atomic E-state index is -0.847. The second-order valence-electron chi connectivity index (χ2n) is 4.04. The van der Waals surface area contributed by atoms with Crippen LogP contribution in [0.2, 0.25) is 0 Å². The molecule has 0 saturated heterocycles. The van der Waals surface area contributed by atoms with Crippen molar-refractivity contribution in [2.24, 2.45) is 5.92 Å². The number of hydrogen-bond acceptors (Lipinski definition) is 2. The number of Topliss-reactive ketones (excluding diaryl/α,β-unsaturated/α-hetero) is 1.